The van der Waals surface area contributed by atoms with Gasteiger partial charge in [-0.1, -0.05) is 215 Å². The van der Waals surface area contributed by atoms with E-state index in [4.69, 9.17) is 9.47 Å². The SMILES string of the molecule is CC(C)(C)c1ccc2c(c1)c1cc(C(C)(C)C)ccc1n2-c1ccc2c(c1)c1cc(-n3c4ccc(C(C)(C)C)cc4c4cc(C(C)(C)C)ccc43)ccc1n2CCOCCOCCn1c2ccc(-n3c4ccc(C(C)(C)C)cc4c4cc(C(C)(C)C)ccc43)cc2c2cc(-n3c4ccc(C(C)(C)C)cc4c4cc(C(C)(C)C)ccc43)ccc21. The van der Waals surface area contributed by atoms with Crippen LogP contribution in [0.4, 0.5) is 0 Å². The molecule has 18 rings (SSSR count). The van der Waals surface area contributed by atoms with Crippen molar-refractivity contribution in [2.45, 2.75) is 223 Å². The molecule has 18 aromatic rings. The first-order valence-electron chi connectivity index (χ1n) is 43.2. The molecule has 0 radical (unpaired) electrons. The Morgan fingerprint density at radius 3 is 0.466 bits per heavy atom. The average molecular weight is 1560 g/mol. The third kappa shape index (κ3) is 13.4. The predicted octanol–water partition coefficient (Wildman–Crippen LogP) is 29.4. The molecule has 118 heavy (non-hydrogen) atoms. The fraction of sp³-hybridized carbons (Fsp3) is 0.345. The Kier molecular flexibility index (Phi) is 18.3. The molecule has 0 aliphatic rings. The molecule has 0 aliphatic carbocycles. The van der Waals surface area contributed by atoms with Crippen molar-refractivity contribution in [3.63, 3.8) is 0 Å². The second-order valence-electron chi connectivity index (χ2n) is 42.5. The number of hydrogen-bond donors (Lipinski definition) is 0. The van der Waals surface area contributed by atoms with Crippen LogP contribution in [0.2, 0.25) is 0 Å². The zero-order valence-electron chi connectivity index (χ0n) is 74.5. The molecule has 0 saturated heterocycles. The lowest BCUT2D eigenvalue weighted by molar-refractivity contribution is 0.0431. The molecular formula is C110H120N6O2. The summed E-state index contributed by atoms with van der Waals surface area (Å²) in [7, 11) is 0. The molecule has 8 nitrogen and oxygen atoms in total. The first-order valence-corrected chi connectivity index (χ1v) is 43.2. The molecule has 602 valence electrons. The van der Waals surface area contributed by atoms with Crippen molar-refractivity contribution in [1.29, 1.82) is 0 Å². The normalized spacial score (nSPS) is 13.5. The highest BCUT2D eigenvalue weighted by Gasteiger charge is 2.29. The van der Waals surface area contributed by atoms with Crippen LogP contribution in [-0.2, 0) is 65.9 Å². The monoisotopic (exact) mass is 1560 g/mol. The van der Waals surface area contributed by atoms with Crippen LogP contribution in [0.15, 0.2) is 218 Å². The quantitative estimate of drug-likeness (QED) is 0.108. The van der Waals surface area contributed by atoms with Gasteiger partial charge in [0.1, 0.15) is 0 Å². The van der Waals surface area contributed by atoms with Crippen molar-refractivity contribution in [2.24, 2.45) is 0 Å². The number of hydrogen-bond acceptors (Lipinski definition) is 2. The van der Waals surface area contributed by atoms with Gasteiger partial charge >= 0.3 is 0 Å². The summed E-state index contributed by atoms with van der Waals surface area (Å²) in [6.07, 6.45) is 0. The molecular weight excluding hydrogens is 1440 g/mol. The van der Waals surface area contributed by atoms with Crippen LogP contribution in [0.5, 0.6) is 0 Å². The summed E-state index contributed by atoms with van der Waals surface area (Å²) in [6, 6.07) is 85.9. The van der Waals surface area contributed by atoms with E-state index in [-0.39, 0.29) is 43.3 Å². The molecule has 0 fully saturated rings. The molecule has 6 aromatic heterocycles. The summed E-state index contributed by atoms with van der Waals surface area (Å²) in [5.74, 6) is 0. The van der Waals surface area contributed by atoms with Gasteiger partial charge in [0, 0.05) is 123 Å². The molecule has 12 aromatic carbocycles. The average Bonchev–Trinajstić information content (AvgIpc) is 1.58. The summed E-state index contributed by atoms with van der Waals surface area (Å²) in [5.41, 5.74) is 29.6. The summed E-state index contributed by atoms with van der Waals surface area (Å²) in [5, 5.41) is 15.1. The van der Waals surface area contributed by atoms with Crippen molar-refractivity contribution in [3.8, 4) is 22.7 Å². The second-order valence-corrected chi connectivity index (χ2v) is 42.5. The molecule has 0 N–H and O–H groups in total. The van der Waals surface area contributed by atoms with Crippen molar-refractivity contribution in [2.75, 3.05) is 26.4 Å². The van der Waals surface area contributed by atoms with E-state index in [0.717, 1.165) is 22.7 Å². The number of rotatable bonds is 13. The Balaban J connectivity index is 0.692. The Labute approximate surface area is 698 Å². The van der Waals surface area contributed by atoms with Gasteiger partial charge < -0.3 is 36.9 Å². The summed E-state index contributed by atoms with van der Waals surface area (Å²) >= 11 is 0. The molecule has 0 spiro atoms. The Morgan fingerprint density at radius 1 is 0.169 bits per heavy atom. The first-order chi connectivity index (χ1) is 55.6. The van der Waals surface area contributed by atoms with E-state index in [9.17, 15) is 0 Å². The van der Waals surface area contributed by atoms with Crippen LogP contribution in [0.25, 0.3) is 154 Å². The minimum atomic E-state index is -0.00732. The highest BCUT2D eigenvalue weighted by molar-refractivity contribution is 6.17. The molecule has 8 heteroatoms. The Morgan fingerprint density at radius 2 is 0.314 bits per heavy atom. The van der Waals surface area contributed by atoms with E-state index in [1.807, 2.05) is 0 Å². The summed E-state index contributed by atoms with van der Waals surface area (Å²) in [4.78, 5) is 0. The van der Waals surface area contributed by atoms with Gasteiger partial charge in [0.15, 0.2) is 0 Å². The molecule has 0 amide bonds. The van der Waals surface area contributed by atoms with Gasteiger partial charge in [0.05, 0.1) is 70.6 Å². The van der Waals surface area contributed by atoms with Crippen molar-refractivity contribution in [1.82, 2.24) is 27.4 Å². The predicted molar refractivity (Wildman–Crippen MR) is 507 cm³/mol. The fourth-order valence-electron chi connectivity index (χ4n) is 18.8. The lowest BCUT2D eigenvalue weighted by atomic mass is 9.85. The third-order valence-electron chi connectivity index (χ3n) is 26.0. The maximum atomic E-state index is 6.72. The maximum absolute atomic E-state index is 6.72. The van der Waals surface area contributed by atoms with E-state index in [1.54, 1.807) is 0 Å². The Bertz CT molecular complexity index is 6000. The second kappa shape index (κ2) is 27.5. The number of aromatic nitrogens is 6. The van der Waals surface area contributed by atoms with Gasteiger partial charge in [-0.15, -0.1) is 0 Å². The third-order valence-corrected chi connectivity index (χ3v) is 26.0. The highest BCUT2D eigenvalue weighted by Crippen LogP contribution is 2.47. The highest BCUT2D eigenvalue weighted by atomic mass is 16.5. The number of ether oxygens (including phenoxy) is 2. The molecule has 0 saturated carbocycles. The van der Waals surface area contributed by atoms with Gasteiger partial charge in [-0.05, 0) is 258 Å². The zero-order valence-corrected chi connectivity index (χ0v) is 74.5. The number of nitrogens with zero attached hydrogens (tertiary/aromatic N) is 6. The molecule has 0 aliphatic heterocycles. The van der Waals surface area contributed by atoms with Gasteiger partial charge in [0.25, 0.3) is 0 Å². The van der Waals surface area contributed by atoms with Crippen LogP contribution >= 0.6 is 0 Å². The topological polar surface area (TPSA) is 48.0 Å². The molecule has 0 unspecified atom stereocenters. The Hall–Kier alpha value is -10.6. The van der Waals surface area contributed by atoms with E-state index < -0.39 is 0 Å². The van der Waals surface area contributed by atoms with E-state index in [2.05, 4.69) is 412 Å². The van der Waals surface area contributed by atoms with Gasteiger partial charge in [0.2, 0.25) is 0 Å². The van der Waals surface area contributed by atoms with Crippen LogP contribution < -0.4 is 0 Å². The minimum Gasteiger partial charge on any atom is -0.377 e. The van der Waals surface area contributed by atoms with Crippen LogP contribution in [0, 0.1) is 0 Å². The van der Waals surface area contributed by atoms with E-state index in [0.29, 0.717) is 39.5 Å². The lowest BCUT2D eigenvalue weighted by Crippen LogP contribution is -2.12. The lowest BCUT2D eigenvalue weighted by Gasteiger charge is -2.19. The van der Waals surface area contributed by atoms with Crippen LogP contribution in [0.3, 0.4) is 0 Å². The molecule has 0 bridgehead atoms. The van der Waals surface area contributed by atoms with E-state index >= 15 is 0 Å². The van der Waals surface area contributed by atoms with Gasteiger partial charge in [-0.3, -0.25) is 0 Å². The zero-order chi connectivity index (χ0) is 83.4. The standard InChI is InChI=1S/C110H120N6O2/c1-103(2,3)67-25-37-95-79(55-67)80-56-68(104(4,5)6)26-38-96(80)113(95)75-33-45-91-87(63-75)88-64-76(114-97-39-27-69(105(7,8)9)57-81(97)82-58-70(106(10,11)12)28-40-98(82)114)34-46-92(88)111(91)49-51-117-53-54-118-52-50-112-93-47-35-77(115-99-41-29-71(107(13,14)15)59-83(99)84-60-72(108(16,17)18)30-42-100(84)115)65-89(93)90-66-78(36-48-94(90)112)116-101-43-31-73(109(19,20)21)61-85(101)86-62-74(110(22,23)24)32-44-102(86)116/h25-48,55-66H,49-54H2,1-24H3. The summed E-state index contributed by atoms with van der Waals surface area (Å²) < 4.78 is 28.5. The van der Waals surface area contributed by atoms with E-state index in [1.165, 1.54) is 175 Å². The fourth-order valence-corrected chi connectivity index (χ4v) is 18.8. The first kappa shape index (κ1) is 78.5. The number of benzene rings is 12. The van der Waals surface area contributed by atoms with Gasteiger partial charge in [-0.25, -0.2) is 0 Å². The van der Waals surface area contributed by atoms with Crippen molar-refractivity contribution >= 4 is 131 Å². The largest absolute Gasteiger partial charge is 0.377 e. The minimum absolute atomic E-state index is 0.00732. The maximum Gasteiger partial charge on any atom is 0.0701 e. The van der Waals surface area contributed by atoms with Crippen LogP contribution in [0.1, 0.15) is 211 Å². The van der Waals surface area contributed by atoms with Crippen molar-refractivity contribution < 1.29 is 9.47 Å². The molecule has 6 heterocycles. The molecule has 0 atom stereocenters. The smallest absolute Gasteiger partial charge is 0.0701 e. The van der Waals surface area contributed by atoms with Crippen molar-refractivity contribution in [3.05, 3.63) is 263 Å². The van der Waals surface area contributed by atoms with Gasteiger partial charge in [-0.2, -0.15) is 0 Å². The van der Waals surface area contributed by atoms with Crippen LogP contribution in [-0.4, -0.2) is 53.8 Å². The number of fused-ring (bicyclic) bond motifs is 18. The summed E-state index contributed by atoms with van der Waals surface area (Å²) in [6.45, 7) is 59.0.